The fourth-order valence-corrected chi connectivity index (χ4v) is 2.23. The number of benzene rings is 1. The monoisotopic (exact) mass is 264 g/mol. The van der Waals surface area contributed by atoms with Gasteiger partial charge in [-0.1, -0.05) is 0 Å². The summed E-state index contributed by atoms with van der Waals surface area (Å²) in [5.41, 5.74) is 9.23. The first-order chi connectivity index (χ1) is 8.58. The Morgan fingerprint density at radius 1 is 1.56 bits per heavy atom. The molecule has 2 rings (SSSR count). The molecule has 0 unspecified atom stereocenters. The van der Waals surface area contributed by atoms with Crippen molar-refractivity contribution in [2.24, 2.45) is 0 Å². The topological polar surface area (TPSA) is 94.1 Å². The van der Waals surface area contributed by atoms with Gasteiger partial charge in [-0.05, 0) is 19.1 Å². The molecule has 0 aliphatic heterocycles. The zero-order valence-electron chi connectivity index (χ0n) is 9.71. The highest BCUT2D eigenvalue weighted by atomic mass is 32.1. The molecule has 0 radical (unpaired) electrons. The average molecular weight is 264 g/mol. The van der Waals surface area contributed by atoms with E-state index >= 15 is 0 Å². The number of aryl methyl sites for hydroxylation is 1. The predicted octanol–water partition coefficient (Wildman–Crippen LogP) is 2.55. The second-order valence-corrected chi connectivity index (χ2v) is 4.68. The van der Waals surface area contributed by atoms with E-state index in [4.69, 9.17) is 5.73 Å². The zero-order valence-corrected chi connectivity index (χ0v) is 10.5. The molecule has 0 bridgehead atoms. The highest BCUT2D eigenvalue weighted by molar-refractivity contribution is 7.09. The van der Waals surface area contributed by atoms with Crippen molar-refractivity contribution >= 4 is 28.4 Å². The van der Waals surface area contributed by atoms with E-state index < -0.39 is 4.92 Å². The third kappa shape index (κ3) is 2.57. The van der Waals surface area contributed by atoms with Crippen LogP contribution in [0.3, 0.4) is 0 Å². The minimum atomic E-state index is -0.494. The molecule has 7 heteroatoms. The first kappa shape index (κ1) is 12.3. The van der Waals surface area contributed by atoms with Crippen LogP contribution in [0.1, 0.15) is 10.6 Å². The van der Waals surface area contributed by atoms with Crippen molar-refractivity contribution < 1.29 is 4.92 Å². The molecule has 0 amide bonds. The maximum absolute atomic E-state index is 10.6. The molecule has 1 aromatic heterocycles. The molecule has 0 spiro atoms. The van der Waals surface area contributed by atoms with Gasteiger partial charge in [-0.15, -0.1) is 11.3 Å². The minimum absolute atomic E-state index is 0.0745. The fraction of sp³-hybridized carbons (Fsp3) is 0.182. The van der Waals surface area contributed by atoms with E-state index in [9.17, 15) is 10.1 Å². The molecule has 0 saturated carbocycles. The number of nitrogens with zero attached hydrogens (tertiary/aromatic N) is 2. The number of thiazole rings is 1. The smallest absolute Gasteiger partial charge is 0.292 e. The van der Waals surface area contributed by atoms with Crippen LogP contribution in [0.4, 0.5) is 17.1 Å². The molecule has 0 aliphatic rings. The number of aromatic nitrogens is 1. The highest BCUT2D eigenvalue weighted by Gasteiger charge is 2.11. The van der Waals surface area contributed by atoms with Crippen molar-refractivity contribution in [3.63, 3.8) is 0 Å². The Labute approximate surface area is 108 Å². The van der Waals surface area contributed by atoms with Gasteiger partial charge in [0.2, 0.25) is 0 Å². The lowest BCUT2D eigenvalue weighted by Crippen LogP contribution is -2.01. The summed E-state index contributed by atoms with van der Waals surface area (Å²) in [5.74, 6) is 0. The molecular formula is C11H12N4O2S. The lowest BCUT2D eigenvalue weighted by atomic mass is 10.2. The summed E-state index contributed by atoms with van der Waals surface area (Å²) in [6.07, 6.45) is 0. The first-order valence-corrected chi connectivity index (χ1v) is 6.12. The number of hydrogen-bond acceptors (Lipinski definition) is 6. The van der Waals surface area contributed by atoms with Gasteiger partial charge in [-0.25, -0.2) is 4.98 Å². The lowest BCUT2D eigenvalue weighted by molar-refractivity contribution is -0.383. The molecule has 3 N–H and O–H groups in total. The van der Waals surface area contributed by atoms with E-state index in [0.29, 0.717) is 6.54 Å². The fourth-order valence-electron chi connectivity index (χ4n) is 1.51. The van der Waals surface area contributed by atoms with E-state index in [0.717, 1.165) is 16.3 Å². The number of nitrogens with one attached hydrogen (secondary N) is 1. The number of nitro groups is 1. The minimum Gasteiger partial charge on any atom is -0.393 e. The Morgan fingerprint density at radius 3 is 2.89 bits per heavy atom. The van der Waals surface area contributed by atoms with Crippen LogP contribution in [0.25, 0.3) is 0 Å². The molecule has 1 aromatic carbocycles. The number of nitrogen functional groups attached to an aromatic ring is 1. The Hall–Kier alpha value is -2.15. The van der Waals surface area contributed by atoms with E-state index in [1.54, 1.807) is 29.0 Å². The van der Waals surface area contributed by atoms with Crippen molar-refractivity contribution in [2.75, 3.05) is 11.1 Å². The zero-order chi connectivity index (χ0) is 13.1. The van der Waals surface area contributed by atoms with Crippen LogP contribution in [-0.2, 0) is 6.54 Å². The molecule has 6 nitrogen and oxygen atoms in total. The highest BCUT2D eigenvalue weighted by Crippen LogP contribution is 2.25. The van der Waals surface area contributed by atoms with Crippen LogP contribution in [0.15, 0.2) is 23.7 Å². The largest absolute Gasteiger partial charge is 0.393 e. The normalized spacial score (nSPS) is 10.3. The van der Waals surface area contributed by atoms with Crippen LogP contribution < -0.4 is 11.1 Å². The Morgan fingerprint density at radius 2 is 2.33 bits per heavy atom. The summed E-state index contributed by atoms with van der Waals surface area (Å²) in [4.78, 5) is 15.4. The van der Waals surface area contributed by atoms with Crippen molar-refractivity contribution in [3.8, 4) is 0 Å². The van der Waals surface area contributed by atoms with Gasteiger partial charge in [-0.2, -0.15) is 0 Å². The molecule has 94 valence electrons. The number of rotatable bonds is 4. The van der Waals surface area contributed by atoms with Gasteiger partial charge >= 0.3 is 0 Å². The van der Waals surface area contributed by atoms with Crippen molar-refractivity contribution in [2.45, 2.75) is 13.5 Å². The quantitative estimate of drug-likeness (QED) is 0.502. The van der Waals surface area contributed by atoms with Gasteiger partial charge in [-0.3, -0.25) is 10.1 Å². The molecule has 0 atom stereocenters. The van der Waals surface area contributed by atoms with Gasteiger partial charge in [0.1, 0.15) is 5.69 Å². The predicted molar refractivity (Wildman–Crippen MR) is 71.7 cm³/mol. The lowest BCUT2D eigenvalue weighted by Gasteiger charge is -2.06. The van der Waals surface area contributed by atoms with Crippen molar-refractivity contribution in [1.29, 1.82) is 0 Å². The Kier molecular flexibility index (Phi) is 3.42. The molecular weight excluding hydrogens is 252 g/mol. The van der Waals surface area contributed by atoms with Crippen LogP contribution in [-0.4, -0.2) is 9.91 Å². The van der Waals surface area contributed by atoms with Crippen LogP contribution in [0, 0.1) is 17.0 Å². The third-order valence-electron chi connectivity index (χ3n) is 2.52. The summed E-state index contributed by atoms with van der Waals surface area (Å²) >= 11 is 1.57. The van der Waals surface area contributed by atoms with Crippen molar-refractivity contribution in [1.82, 2.24) is 4.98 Å². The second kappa shape index (κ2) is 5.01. The Balaban J connectivity index is 2.09. The summed E-state index contributed by atoms with van der Waals surface area (Å²) in [6, 6.07) is 4.61. The van der Waals surface area contributed by atoms with E-state index in [1.807, 2.05) is 6.92 Å². The first-order valence-electron chi connectivity index (χ1n) is 5.24. The maximum atomic E-state index is 10.6. The molecule has 1 heterocycles. The van der Waals surface area contributed by atoms with E-state index in [-0.39, 0.29) is 11.4 Å². The van der Waals surface area contributed by atoms with E-state index in [2.05, 4.69) is 10.3 Å². The van der Waals surface area contributed by atoms with Gasteiger partial charge in [0.05, 0.1) is 22.7 Å². The molecule has 0 saturated heterocycles. The van der Waals surface area contributed by atoms with E-state index in [1.165, 1.54) is 6.07 Å². The number of hydrogen-bond donors (Lipinski definition) is 2. The summed E-state index contributed by atoms with van der Waals surface area (Å²) < 4.78 is 0. The number of nitro benzene ring substituents is 1. The van der Waals surface area contributed by atoms with Crippen LogP contribution in [0.2, 0.25) is 0 Å². The standard InChI is InChI=1S/C11H12N4O2S/c1-7-11(18-6-14-7)5-13-8-2-3-10(15(16)17)9(12)4-8/h2-4,6,13H,5,12H2,1H3. The van der Waals surface area contributed by atoms with Crippen molar-refractivity contribution in [3.05, 3.63) is 44.4 Å². The van der Waals surface area contributed by atoms with Gasteiger partial charge < -0.3 is 11.1 Å². The van der Waals surface area contributed by atoms with Gasteiger partial charge in [0, 0.05) is 16.6 Å². The Bertz CT molecular complexity index is 582. The SMILES string of the molecule is Cc1ncsc1CNc1ccc([N+](=O)[O-])c(N)c1. The summed E-state index contributed by atoms with van der Waals surface area (Å²) in [5, 5.41) is 13.8. The van der Waals surface area contributed by atoms with Crippen LogP contribution >= 0.6 is 11.3 Å². The average Bonchev–Trinajstić information content (AvgIpc) is 2.72. The molecule has 0 fully saturated rings. The number of anilines is 2. The second-order valence-electron chi connectivity index (χ2n) is 3.75. The molecule has 18 heavy (non-hydrogen) atoms. The van der Waals surface area contributed by atoms with Gasteiger partial charge in [0.15, 0.2) is 0 Å². The third-order valence-corrected chi connectivity index (χ3v) is 3.46. The summed E-state index contributed by atoms with van der Waals surface area (Å²) in [6.45, 7) is 2.57. The van der Waals surface area contributed by atoms with Crippen LogP contribution in [0.5, 0.6) is 0 Å². The number of nitrogens with two attached hydrogens (primary N) is 1. The van der Waals surface area contributed by atoms with Gasteiger partial charge in [0.25, 0.3) is 5.69 Å². The maximum Gasteiger partial charge on any atom is 0.292 e. The summed E-state index contributed by atoms with van der Waals surface area (Å²) in [7, 11) is 0. The molecule has 2 aromatic rings. The molecule has 0 aliphatic carbocycles.